The number of hydrogen-bond donors (Lipinski definition) is 5. The van der Waals surface area contributed by atoms with Crippen molar-refractivity contribution in [2.24, 2.45) is 0 Å². The molecule has 7 N–H and O–H groups in total. The second kappa shape index (κ2) is 18.0. The molecule has 2 atom stereocenters. The van der Waals surface area contributed by atoms with Gasteiger partial charge in [-0.15, -0.1) is 10.2 Å². The van der Waals surface area contributed by atoms with E-state index in [1.54, 1.807) is 123 Å². The van der Waals surface area contributed by atoms with Crippen LogP contribution in [0.3, 0.4) is 0 Å². The summed E-state index contributed by atoms with van der Waals surface area (Å²) in [6.07, 6.45) is 4.04. The van der Waals surface area contributed by atoms with Gasteiger partial charge in [0, 0.05) is 40.7 Å². The highest BCUT2D eigenvalue weighted by Gasteiger charge is 2.28. The number of nitrogens with two attached hydrogens (primary N) is 2. The van der Waals surface area contributed by atoms with Crippen LogP contribution < -0.4 is 37.9 Å². The first-order chi connectivity index (χ1) is 34.4. The van der Waals surface area contributed by atoms with E-state index in [-0.39, 0.29) is 71.9 Å². The number of hydrogen-bond acceptors (Lipinski definition) is 12. The minimum Gasteiger partial charge on any atom is -0.381 e. The maximum atomic E-state index is 14.7. The van der Waals surface area contributed by atoms with Gasteiger partial charge < -0.3 is 22.1 Å². The van der Waals surface area contributed by atoms with Crippen LogP contribution in [0.2, 0.25) is 10.0 Å². The molecule has 4 aromatic carbocycles. The van der Waals surface area contributed by atoms with E-state index in [0.717, 1.165) is 11.9 Å². The van der Waals surface area contributed by atoms with E-state index in [0.29, 0.717) is 33.4 Å². The molecule has 10 rings (SSSR count). The topological polar surface area (TPSA) is 261 Å². The number of anilines is 3. The third-order valence-corrected chi connectivity index (χ3v) is 13.4. The molecular formula is C50H41Cl2N13O6S. The first-order valence-corrected chi connectivity index (χ1v) is 24.8. The zero-order chi connectivity index (χ0) is 50.9. The Hall–Kier alpha value is -8.59. The number of nitrogen functional groups attached to an aromatic ring is 2. The van der Waals surface area contributed by atoms with Crippen molar-refractivity contribution in [2.45, 2.75) is 32.9 Å². The van der Waals surface area contributed by atoms with Crippen molar-refractivity contribution in [3.8, 4) is 22.6 Å². The van der Waals surface area contributed by atoms with Crippen LogP contribution in [0, 0.1) is 6.92 Å². The molecule has 6 heterocycles. The molecule has 22 heteroatoms. The minimum atomic E-state index is -3.79. The van der Waals surface area contributed by atoms with Gasteiger partial charge in [-0.05, 0) is 92.2 Å². The van der Waals surface area contributed by atoms with Gasteiger partial charge in [0.1, 0.15) is 11.1 Å². The highest BCUT2D eigenvalue weighted by atomic mass is 35.5. The van der Waals surface area contributed by atoms with Crippen LogP contribution >= 0.6 is 23.2 Å². The van der Waals surface area contributed by atoms with Crippen molar-refractivity contribution in [3.63, 3.8) is 0 Å². The van der Waals surface area contributed by atoms with E-state index in [1.165, 1.54) is 30.4 Å². The van der Waals surface area contributed by atoms with Gasteiger partial charge in [0.15, 0.2) is 22.9 Å². The number of carbonyl (C=O) groups excluding carboxylic acids is 2. The Labute approximate surface area is 418 Å². The molecule has 2 amide bonds. The van der Waals surface area contributed by atoms with Crippen LogP contribution in [0.4, 0.5) is 17.3 Å². The van der Waals surface area contributed by atoms with Crippen molar-refractivity contribution < 1.29 is 18.0 Å². The number of rotatable bonds is 11. The van der Waals surface area contributed by atoms with Crippen molar-refractivity contribution >= 4 is 95.2 Å². The average molecular weight is 1020 g/mol. The maximum Gasteiger partial charge on any atom is 0.264 e. The van der Waals surface area contributed by atoms with Crippen LogP contribution in [0.1, 0.15) is 63.7 Å². The summed E-state index contributed by atoms with van der Waals surface area (Å²) in [5.74, 6) is -1.41. The van der Waals surface area contributed by atoms with E-state index >= 15 is 0 Å². The lowest BCUT2D eigenvalue weighted by atomic mass is 10.1. The lowest BCUT2D eigenvalue weighted by molar-refractivity contribution is 0.0932. The van der Waals surface area contributed by atoms with Gasteiger partial charge >= 0.3 is 0 Å². The zero-order valence-electron chi connectivity index (χ0n) is 38.5. The number of aryl methyl sites for hydroxylation is 1. The molecule has 0 saturated heterocycles. The summed E-state index contributed by atoms with van der Waals surface area (Å²) in [4.78, 5) is 66.4. The van der Waals surface area contributed by atoms with Crippen molar-refractivity contribution in [1.29, 1.82) is 0 Å². The molecule has 0 saturated carbocycles. The van der Waals surface area contributed by atoms with Gasteiger partial charge in [0.05, 0.1) is 56.2 Å². The summed E-state index contributed by atoms with van der Waals surface area (Å²) in [5, 5.41) is 16.7. The molecule has 10 aromatic rings. The number of sulfonamides is 1. The standard InChI is InChI=1S/C50H41Cl2N13O6S/c1-25-18-20-55-45-41(43(53)59-64(25)45)47(66)57-26(2)37-23-29-11-8-14-32(51)39(29)49(68)62(37)31-13-7-10-28(22-31)35-19-21-56-46-42(44(54)60-65(35)46)48(67)58-27(3)38-24-30-12-9-15-33(52)40(30)50(69)63(38)36-17-6-5-16-34(36)61-72(4,70)71/h5-24,26-27,61H,1-4H3,(H2,53,59)(H2,54,60)(H,57,66)(H,58,67)/t26-,27-/m0/s1. The zero-order valence-corrected chi connectivity index (χ0v) is 40.9. The van der Waals surface area contributed by atoms with Crippen LogP contribution in [-0.2, 0) is 10.0 Å². The summed E-state index contributed by atoms with van der Waals surface area (Å²) in [5.41, 5.74) is 15.3. The Morgan fingerprint density at radius 3 is 1.79 bits per heavy atom. The molecule has 0 aliphatic carbocycles. The fourth-order valence-corrected chi connectivity index (χ4v) is 10.1. The number of nitrogens with one attached hydrogen (secondary N) is 3. The van der Waals surface area contributed by atoms with Gasteiger partial charge in [0.2, 0.25) is 10.0 Å². The predicted octanol–water partition coefficient (Wildman–Crippen LogP) is 7.18. The maximum absolute atomic E-state index is 14.7. The monoisotopic (exact) mass is 1020 g/mol. The van der Waals surface area contributed by atoms with Crippen LogP contribution in [0.25, 0.3) is 55.5 Å². The van der Waals surface area contributed by atoms with Crippen molar-refractivity contribution in [1.82, 2.24) is 49.0 Å². The number of benzene rings is 4. The largest absolute Gasteiger partial charge is 0.381 e. The molecule has 0 bridgehead atoms. The number of aromatic nitrogens is 8. The average Bonchev–Trinajstić information content (AvgIpc) is 3.87. The Morgan fingerprint density at radius 2 is 1.18 bits per heavy atom. The molecule has 6 aromatic heterocycles. The number of para-hydroxylation sites is 2. The molecule has 0 spiro atoms. The van der Waals surface area contributed by atoms with Crippen LogP contribution in [-0.4, -0.2) is 64.8 Å². The number of pyridine rings is 2. The first kappa shape index (κ1) is 47.1. The number of fused-ring (bicyclic) bond motifs is 4. The van der Waals surface area contributed by atoms with Gasteiger partial charge in [-0.2, -0.15) is 0 Å². The van der Waals surface area contributed by atoms with E-state index in [9.17, 15) is 27.6 Å². The fraction of sp³-hybridized carbons (Fsp3) is 0.120. The summed E-state index contributed by atoms with van der Waals surface area (Å²) in [6, 6.07) is 28.6. The highest BCUT2D eigenvalue weighted by molar-refractivity contribution is 7.92. The number of amides is 2. The Kier molecular flexibility index (Phi) is 11.8. The molecule has 0 aliphatic rings. The lowest BCUT2D eigenvalue weighted by Gasteiger charge is -2.23. The second-order valence-corrected chi connectivity index (χ2v) is 19.6. The summed E-state index contributed by atoms with van der Waals surface area (Å²) in [6.45, 7) is 5.21. The summed E-state index contributed by atoms with van der Waals surface area (Å²) < 4.78 is 33.0. The SMILES string of the molecule is Cc1ccnc2c(C(=O)N[C@@H](C)c3cc4cccc(Cl)c4c(=O)n3-c3cccc(-c4ccnc5c(C(=O)N[C@@H](C)c6cc7cccc(Cl)c7c(=O)n6-c6ccccc6NS(C)(=O)=O)c(N)nn45)c3)c(N)nn12. The number of carbonyl (C=O) groups is 2. The van der Waals surface area contributed by atoms with E-state index in [2.05, 4.69) is 35.5 Å². The second-order valence-electron chi connectivity index (χ2n) is 17.1. The van der Waals surface area contributed by atoms with Crippen molar-refractivity contribution in [3.05, 3.63) is 181 Å². The molecular weight excluding hydrogens is 982 g/mol. The Balaban J connectivity index is 1.03. The van der Waals surface area contributed by atoms with E-state index in [1.807, 2.05) is 6.92 Å². The molecule has 0 unspecified atom stereocenters. The number of nitrogens with zero attached hydrogens (tertiary/aromatic N) is 8. The molecule has 0 radical (unpaired) electrons. The first-order valence-electron chi connectivity index (χ1n) is 22.1. The lowest BCUT2D eigenvalue weighted by Crippen LogP contribution is -2.32. The molecule has 362 valence electrons. The molecule has 72 heavy (non-hydrogen) atoms. The van der Waals surface area contributed by atoms with Crippen molar-refractivity contribution in [2.75, 3.05) is 22.4 Å². The normalized spacial score (nSPS) is 12.6. The van der Waals surface area contributed by atoms with E-state index < -0.39 is 45.0 Å². The van der Waals surface area contributed by atoms with E-state index in [4.69, 9.17) is 34.7 Å². The van der Waals surface area contributed by atoms with Gasteiger partial charge in [-0.25, -0.2) is 27.4 Å². The minimum absolute atomic E-state index is 0.0143. The number of halogens is 2. The predicted molar refractivity (Wildman–Crippen MR) is 278 cm³/mol. The summed E-state index contributed by atoms with van der Waals surface area (Å²) in [7, 11) is -3.79. The summed E-state index contributed by atoms with van der Waals surface area (Å²) >= 11 is 13.2. The quantitative estimate of drug-likeness (QED) is 0.0863. The van der Waals surface area contributed by atoms with Gasteiger partial charge in [-0.3, -0.25) is 33.0 Å². The fourth-order valence-electron chi connectivity index (χ4n) is 8.97. The van der Waals surface area contributed by atoms with Crippen LogP contribution in [0.5, 0.6) is 0 Å². The smallest absolute Gasteiger partial charge is 0.264 e. The Bertz CT molecular complexity index is 4170. The molecule has 0 aliphatic heterocycles. The van der Waals surface area contributed by atoms with Crippen LogP contribution in [0.15, 0.2) is 131 Å². The van der Waals surface area contributed by atoms with Gasteiger partial charge in [0.25, 0.3) is 22.9 Å². The third kappa shape index (κ3) is 8.19. The molecule has 19 nitrogen and oxygen atoms in total. The highest BCUT2D eigenvalue weighted by Crippen LogP contribution is 2.32. The third-order valence-electron chi connectivity index (χ3n) is 12.2. The van der Waals surface area contributed by atoms with Gasteiger partial charge in [-0.1, -0.05) is 71.7 Å². The molecule has 0 fully saturated rings. The Morgan fingerprint density at radius 1 is 0.653 bits per heavy atom.